The molecule has 0 bridgehead atoms. The normalized spacial score (nSPS) is 22.7. The Kier molecular flexibility index (Phi) is 5.06. The molecule has 0 spiro atoms. The molecule has 2 saturated heterocycles. The van der Waals surface area contributed by atoms with E-state index in [1.165, 1.54) is 6.92 Å². The van der Waals surface area contributed by atoms with Crippen LogP contribution < -0.4 is 5.32 Å². The van der Waals surface area contributed by atoms with Gasteiger partial charge < -0.3 is 15.0 Å². The SMILES string of the molecule is CC(=O)c1c(C)[nH]c(C(=O)NC2CCN(C3CCOC3)CC2)c1C. The number of nitrogens with zero attached hydrogens (tertiary/aromatic N) is 1. The summed E-state index contributed by atoms with van der Waals surface area (Å²) in [6.45, 7) is 8.91. The van der Waals surface area contributed by atoms with Crippen LogP contribution in [0, 0.1) is 13.8 Å². The molecule has 2 aliphatic rings. The summed E-state index contributed by atoms with van der Waals surface area (Å²) in [5.41, 5.74) is 2.67. The molecule has 0 aromatic carbocycles. The summed E-state index contributed by atoms with van der Waals surface area (Å²) in [6.07, 6.45) is 3.03. The second-order valence-electron chi connectivity index (χ2n) is 6.98. The molecule has 3 rings (SSSR count). The highest BCUT2D eigenvalue weighted by molar-refractivity contribution is 6.02. The number of piperidine rings is 1. The van der Waals surface area contributed by atoms with E-state index >= 15 is 0 Å². The van der Waals surface area contributed by atoms with E-state index in [9.17, 15) is 9.59 Å². The first-order chi connectivity index (χ1) is 11.5. The van der Waals surface area contributed by atoms with E-state index in [4.69, 9.17) is 4.74 Å². The lowest BCUT2D eigenvalue weighted by atomic mass is 10.0. The van der Waals surface area contributed by atoms with Gasteiger partial charge in [-0.05, 0) is 45.6 Å². The average Bonchev–Trinajstić information content (AvgIpc) is 3.16. The second-order valence-corrected chi connectivity index (χ2v) is 6.98. The second kappa shape index (κ2) is 7.07. The van der Waals surface area contributed by atoms with Crippen molar-refractivity contribution >= 4 is 11.7 Å². The van der Waals surface area contributed by atoms with Crippen LogP contribution in [0.2, 0.25) is 0 Å². The minimum atomic E-state index is -0.106. The molecular formula is C18H27N3O3. The van der Waals surface area contributed by atoms with Crippen molar-refractivity contribution in [2.75, 3.05) is 26.3 Å². The standard InChI is InChI=1S/C18H27N3O3/c1-11-16(13(3)22)12(2)19-17(11)18(23)20-14-4-7-21(8-5-14)15-6-9-24-10-15/h14-15,19H,4-10H2,1-3H3,(H,20,23). The van der Waals surface area contributed by atoms with Crippen LogP contribution in [0.5, 0.6) is 0 Å². The van der Waals surface area contributed by atoms with E-state index in [0.717, 1.165) is 56.8 Å². The molecule has 2 fully saturated rings. The summed E-state index contributed by atoms with van der Waals surface area (Å²) in [5, 5.41) is 3.13. The van der Waals surface area contributed by atoms with Crippen LogP contribution in [0.15, 0.2) is 0 Å². The summed E-state index contributed by atoms with van der Waals surface area (Å²) in [6, 6.07) is 0.743. The average molecular weight is 333 g/mol. The zero-order chi connectivity index (χ0) is 17.3. The first kappa shape index (κ1) is 17.2. The zero-order valence-electron chi connectivity index (χ0n) is 14.8. The number of aryl methyl sites for hydroxylation is 1. The number of hydrogen-bond acceptors (Lipinski definition) is 4. The maximum absolute atomic E-state index is 12.6. The van der Waals surface area contributed by atoms with Gasteiger partial charge >= 0.3 is 0 Å². The highest BCUT2D eigenvalue weighted by Crippen LogP contribution is 2.21. The number of amides is 1. The molecule has 1 atom stereocenters. The van der Waals surface area contributed by atoms with E-state index < -0.39 is 0 Å². The molecular weight excluding hydrogens is 306 g/mol. The molecule has 0 aliphatic carbocycles. The molecule has 1 amide bonds. The first-order valence-electron chi connectivity index (χ1n) is 8.80. The van der Waals surface area contributed by atoms with Crippen LogP contribution >= 0.6 is 0 Å². The lowest BCUT2D eigenvalue weighted by molar-refractivity contribution is 0.0870. The summed E-state index contributed by atoms with van der Waals surface area (Å²) in [4.78, 5) is 29.8. The predicted molar refractivity (Wildman–Crippen MR) is 91.6 cm³/mol. The van der Waals surface area contributed by atoms with Gasteiger partial charge in [0.15, 0.2) is 5.78 Å². The lowest BCUT2D eigenvalue weighted by Gasteiger charge is -2.35. The molecule has 0 radical (unpaired) electrons. The predicted octanol–water partition coefficient (Wildman–Crippen LogP) is 1.82. The van der Waals surface area contributed by atoms with Gasteiger partial charge in [0.05, 0.1) is 6.61 Å². The van der Waals surface area contributed by atoms with Gasteiger partial charge in [-0.2, -0.15) is 0 Å². The number of rotatable bonds is 4. The maximum atomic E-state index is 12.6. The number of carbonyl (C=O) groups is 2. The fourth-order valence-corrected chi connectivity index (χ4v) is 3.98. The number of aromatic amines is 1. The molecule has 1 aromatic heterocycles. The highest BCUT2D eigenvalue weighted by Gasteiger charge is 2.29. The molecule has 2 aliphatic heterocycles. The Morgan fingerprint density at radius 3 is 2.46 bits per heavy atom. The Bertz CT molecular complexity index is 624. The van der Waals surface area contributed by atoms with Crippen molar-refractivity contribution in [3.05, 3.63) is 22.5 Å². The fraction of sp³-hybridized carbons (Fsp3) is 0.667. The summed E-state index contributed by atoms with van der Waals surface area (Å²) >= 11 is 0. The van der Waals surface area contributed by atoms with Gasteiger partial charge in [-0.1, -0.05) is 0 Å². The van der Waals surface area contributed by atoms with E-state index in [2.05, 4.69) is 15.2 Å². The van der Waals surface area contributed by atoms with Crippen LogP contribution in [0.25, 0.3) is 0 Å². The van der Waals surface area contributed by atoms with Gasteiger partial charge in [-0.3, -0.25) is 14.5 Å². The monoisotopic (exact) mass is 333 g/mol. The Morgan fingerprint density at radius 2 is 1.92 bits per heavy atom. The lowest BCUT2D eigenvalue weighted by Crippen LogP contribution is -2.48. The Labute approximate surface area is 142 Å². The molecule has 3 heterocycles. The number of nitrogens with one attached hydrogen (secondary N) is 2. The maximum Gasteiger partial charge on any atom is 0.268 e. The zero-order valence-corrected chi connectivity index (χ0v) is 14.8. The minimum Gasteiger partial charge on any atom is -0.380 e. The van der Waals surface area contributed by atoms with Gasteiger partial charge in [-0.15, -0.1) is 0 Å². The quantitative estimate of drug-likeness (QED) is 0.824. The summed E-state index contributed by atoms with van der Waals surface area (Å²) in [5.74, 6) is -0.113. The van der Waals surface area contributed by atoms with Crippen LogP contribution in [-0.4, -0.2) is 60.0 Å². The van der Waals surface area contributed by atoms with Crippen molar-refractivity contribution in [2.45, 2.75) is 52.1 Å². The fourth-order valence-electron chi connectivity index (χ4n) is 3.98. The molecule has 24 heavy (non-hydrogen) atoms. The van der Waals surface area contributed by atoms with Crippen molar-refractivity contribution in [3.63, 3.8) is 0 Å². The molecule has 6 nitrogen and oxygen atoms in total. The number of hydrogen-bond donors (Lipinski definition) is 2. The Balaban J connectivity index is 1.58. The van der Waals surface area contributed by atoms with E-state index in [0.29, 0.717) is 17.3 Å². The van der Waals surface area contributed by atoms with E-state index in [1.54, 1.807) is 0 Å². The molecule has 1 unspecified atom stereocenters. The van der Waals surface area contributed by atoms with Crippen molar-refractivity contribution in [1.29, 1.82) is 0 Å². The summed E-state index contributed by atoms with van der Waals surface area (Å²) < 4.78 is 5.46. The van der Waals surface area contributed by atoms with Crippen LogP contribution in [-0.2, 0) is 4.74 Å². The van der Waals surface area contributed by atoms with Crippen LogP contribution in [0.1, 0.15) is 58.3 Å². The minimum absolute atomic E-state index is 0.00705. The van der Waals surface area contributed by atoms with Crippen molar-refractivity contribution < 1.29 is 14.3 Å². The smallest absolute Gasteiger partial charge is 0.268 e. The van der Waals surface area contributed by atoms with E-state index in [-0.39, 0.29) is 17.7 Å². The van der Waals surface area contributed by atoms with Crippen LogP contribution in [0.3, 0.4) is 0 Å². The van der Waals surface area contributed by atoms with Gasteiger partial charge in [0.25, 0.3) is 5.91 Å². The molecule has 2 N–H and O–H groups in total. The number of likely N-dealkylation sites (tertiary alicyclic amines) is 1. The van der Waals surface area contributed by atoms with Gasteiger partial charge in [-0.25, -0.2) is 0 Å². The summed E-state index contributed by atoms with van der Waals surface area (Å²) in [7, 11) is 0. The number of aromatic nitrogens is 1. The topological polar surface area (TPSA) is 74.4 Å². The van der Waals surface area contributed by atoms with Gasteiger partial charge in [0.2, 0.25) is 0 Å². The molecule has 1 aromatic rings. The number of H-pyrrole nitrogens is 1. The molecule has 132 valence electrons. The molecule has 6 heteroatoms. The third-order valence-corrected chi connectivity index (χ3v) is 5.30. The van der Waals surface area contributed by atoms with Gasteiger partial charge in [0, 0.05) is 43.0 Å². The number of ether oxygens (including phenoxy) is 1. The Morgan fingerprint density at radius 1 is 1.21 bits per heavy atom. The Hall–Kier alpha value is -1.66. The van der Waals surface area contributed by atoms with Gasteiger partial charge in [0.1, 0.15) is 5.69 Å². The number of carbonyl (C=O) groups excluding carboxylic acids is 2. The van der Waals surface area contributed by atoms with Crippen molar-refractivity contribution in [3.8, 4) is 0 Å². The number of Topliss-reactive ketones (excluding diaryl/α,β-unsaturated/α-hetero) is 1. The number of ketones is 1. The third kappa shape index (κ3) is 3.39. The van der Waals surface area contributed by atoms with Crippen LogP contribution in [0.4, 0.5) is 0 Å². The van der Waals surface area contributed by atoms with Crippen molar-refractivity contribution in [2.24, 2.45) is 0 Å². The first-order valence-corrected chi connectivity index (χ1v) is 8.80. The third-order valence-electron chi connectivity index (χ3n) is 5.30. The molecule has 0 saturated carbocycles. The van der Waals surface area contributed by atoms with Crippen molar-refractivity contribution in [1.82, 2.24) is 15.2 Å². The van der Waals surface area contributed by atoms with E-state index in [1.807, 2.05) is 13.8 Å². The largest absolute Gasteiger partial charge is 0.380 e. The highest BCUT2D eigenvalue weighted by atomic mass is 16.5.